The van der Waals surface area contributed by atoms with Crippen LogP contribution in [0.1, 0.15) is 26.7 Å². The van der Waals surface area contributed by atoms with Crippen molar-refractivity contribution in [2.24, 2.45) is 10.5 Å². The van der Waals surface area contributed by atoms with E-state index in [0.717, 1.165) is 18.5 Å². The molecule has 0 N–H and O–H groups in total. The Morgan fingerprint density at radius 1 is 1.64 bits per heavy atom. The molecular formula is C9H16N2. The van der Waals surface area contributed by atoms with Gasteiger partial charge in [0.1, 0.15) is 0 Å². The average Bonchev–Trinajstić information content (AvgIpc) is 2.03. The molecule has 2 heteroatoms. The number of hydrogen-bond donors (Lipinski definition) is 0. The first-order chi connectivity index (χ1) is 5.04. The monoisotopic (exact) mass is 152 g/mol. The van der Waals surface area contributed by atoms with Crippen LogP contribution in [0.3, 0.4) is 0 Å². The average molecular weight is 152 g/mol. The summed E-state index contributed by atoms with van der Waals surface area (Å²) in [6, 6.07) is 0. The Morgan fingerprint density at radius 3 is 2.91 bits per heavy atom. The van der Waals surface area contributed by atoms with Crippen molar-refractivity contribution in [2.75, 3.05) is 7.05 Å². The maximum atomic E-state index is 4.21. The summed E-state index contributed by atoms with van der Waals surface area (Å²) >= 11 is 0. The summed E-state index contributed by atoms with van der Waals surface area (Å²) in [5.41, 5.74) is 1.30. The minimum atomic E-state index is 0.200. The zero-order chi connectivity index (χ0) is 8.48. The predicted octanol–water partition coefficient (Wildman–Crippen LogP) is 2.24. The second-order valence-corrected chi connectivity index (χ2v) is 3.69. The zero-order valence-electron chi connectivity index (χ0n) is 7.59. The molecule has 62 valence electrons. The summed E-state index contributed by atoms with van der Waals surface area (Å²) in [6.45, 7) is 8.44. The number of hydrazone groups is 1. The standard InChI is InChI=1S/C9H16N2/c1-8-9(2,3)6-5-7-10-11(8)4/h7H,1,5-6H2,2-4H3. The molecule has 11 heavy (non-hydrogen) atoms. The molecule has 0 unspecified atom stereocenters. The van der Waals surface area contributed by atoms with E-state index in [1.807, 2.05) is 18.3 Å². The first-order valence-electron chi connectivity index (χ1n) is 3.99. The molecule has 0 fully saturated rings. The maximum Gasteiger partial charge on any atom is 0.0349 e. The molecular weight excluding hydrogens is 136 g/mol. The van der Waals surface area contributed by atoms with E-state index in [4.69, 9.17) is 0 Å². The molecule has 0 saturated heterocycles. The Labute approximate surface area is 68.6 Å². The maximum absolute atomic E-state index is 4.21. The number of rotatable bonds is 0. The number of allylic oxidation sites excluding steroid dienone is 1. The number of nitrogens with zero attached hydrogens (tertiary/aromatic N) is 2. The van der Waals surface area contributed by atoms with Crippen molar-refractivity contribution >= 4 is 6.21 Å². The van der Waals surface area contributed by atoms with Crippen LogP contribution in [0.5, 0.6) is 0 Å². The summed E-state index contributed by atoms with van der Waals surface area (Å²) in [5.74, 6) is 0. The van der Waals surface area contributed by atoms with Crippen LogP contribution in [0, 0.1) is 5.41 Å². The fourth-order valence-electron chi connectivity index (χ4n) is 1.26. The van der Waals surface area contributed by atoms with Crippen LogP contribution in [0.25, 0.3) is 0 Å². The molecule has 1 aliphatic heterocycles. The quantitative estimate of drug-likeness (QED) is 0.519. The first-order valence-corrected chi connectivity index (χ1v) is 3.99. The van der Waals surface area contributed by atoms with Crippen molar-refractivity contribution < 1.29 is 0 Å². The highest BCUT2D eigenvalue weighted by molar-refractivity contribution is 5.57. The van der Waals surface area contributed by atoms with E-state index in [2.05, 4.69) is 25.5 Å². The van der Waals surface area contributed by atoms with Gasteiger partial charge in [0.2, 0.25) is 0 Å². The normalized spacial score (nSPS) is 23.5. The minimum absolute atomic E-state index is 0.200. The highest BCUT2D eigenvalue weighted by Crippen LogP contribution is 2.33. The van der Waals surface area contributed by atoms with Gasteiger partial charge in [-0.05, 0) is 12.8 Å². The molecule has 0 aromatic carbocycles. The van der Waals surface area contributed by atoms with Gasteiger partial charge in [-0.25, -0.2) is 0 Å². The summed E-state index contributed by atoms with van der Waals surface area (Å²) in [6.07, 6.45) is 4.15. The van der Waals surface area contributed by atoms with Crippen molar-refractivity contribution in [3.63, 3.8) is 0 Å². The largest absolute Gasteiger partial charge is 0.273 e. The Hall–Kier alpha value is -0.790. The third-order valence-corrected chi connectivity index (χ3v) is 2.33. The van der Waals surface area contributed by atoms with Crippen molar-refractivity contribution in [3.8, 4) is 0 Å². The lowest BCUT2D eigenvalue weighted by Gasteiger charge is -2.28. The predicted molar refractivity (Wildman–Crippen MR) is 48.4 cm³/mol. The lowest BCUT2D eigenvalue weighted by Crippen LogP contribution is -2.22. The SMILES string of the molecule is C=C1N(C)N=CCCC1(C)C. The molecule has 1 aliphatic rings. The van der Waals surface area contributed by atoms with E-state index in [1.54, 1.807) is 0 Å². The smallest absolute Gasteiger partial charge is 0.0349 e. The van der Waals surface area contributed by atoms with E-state index >= 15 is 0 Å². The van der Waals surface area contributed by atoms with Crippen LogP contribution in [0.2, 0.25) is 0 Å². The Kier molecular flexibility index (Phi) is 2.03. The van der Waals surface area contributed by atoms with Gasteiger partial charge in [0, 0.05) is 24.4 Å². The van der Waals surface area contributed by atoms with Gasteiger partial charge in [-0.15, -0.1) is 0 Å². The molecule has 0 amide bonds. The van der Waals surface area contributed by atoms with Crippen LogP contribution in [-0.2, 0) is 0 Å². The highest BCUT2D eigenvalue weighted by Gasteiger charge is 2.25. The molecule has 0 spiro atoms. The fraction of sp³-hybridized carbons (Fsp3) is 0.667. The molecule has 0 saturated carbocycles. The molecule has 0 radical (unpaired) electrons. The van der Waals surface area contributed by atoms with Crippen molar-refractivity contribution in [1.29, 1.82) is 0 Å². The molecule has 0 aromatic heterocycles. The van der Waals surface area contributed by atoms with Crippen LogP contribution >= 0.6 is 0 Å². The lowest BCUT2D eigenvalue weighted by molar-refractivity contribution is 0.303. The van der Waals surface area contributed by atoms with Crippen LogP contribution < -0.4 is 0 Å². The molecule has 2 nitrogen and oxygen atoms in total. The summed E-state index contributed by atoms with van der Waals surface area (Å²) < 4.78 is 0. The van der Waals surface area contributed by atoms with Crippen LogP contribution in [0.15, 0.2) is 17.4 Å². The van der Waals surface area contributed by atoms with E-state index < -0.39 is 0 Å². The van der Waals surface area contributed by atoms with Crippen molar-refractivity contribution in [3.05, 3.63) is 12.3 Å². The first kappa shape index (κ1) is 8.31. The molecule has 0 atom stereocenters. The van der Waals surface area contributed by atoms with E-state index in [9.17, 15) is 0 Å². The third kappa shape index (κ3) is 1.62. The van der Waals surface area contributed by atoms with Crippen molar-refractivity contribution in [2.45, 2.75) is 26.7 Å². The molecule has 0 aromatic rings. The molecule has 1 rings (SSSR count). The van der Waals surface area contributed by atoms with Gasteiger partial charge < -0.3 is 0 Å². The minimum Gasteiger partial charge on any atom is -0.273 e. The fourth-order valence-corrected chi connectivity index (χ4v) is 1.26. The van der Waals surface area contributed by atoms with Gasteiger partial charge in [0.15, 0.2) is 0 Å². The summed E-state index contributed by atoms with van der Waals surface area (Å²) in [7, 11) is 1.95. The Morgan fingerprint density at radius 2 is 2.27 bits per heavy atom. The molecule has 1 heterocycles. The second-order valence-electron chi connectivity index (χ2n) is 3.69. The van der Waals surface area contributed by atoms with Gasteiger partial charge in [-0.3, -0.25) is 5.01 Å². The molecule has 0 bridgehead atoms. The Balaban J connectivity index is 2.82. The molecule has 0 aliphatic carbocycles. The lowest BCUT2D eigenvalue weighted by atomic mass is 9.85. The van der Waals surface area contributed by atoms with Gasteiger partial charge in [0.25, 0.3) is 0 Å². The van der Waals surface area contributed by atoms with E-state index in [0.29, 0.717) is 0 Å². The zero-order valence-corrected chi connectivity index (χ0v) is 7.59. The summed E-state index contributed by atoms with van der Waals surface area (Å²) in [4.78, 5) is 0. The van der Waals surface area contributed by atoms with Gasteiger partial charge >= 0.3 is 0 Å². The summed E-state index contributed by atoms with van der Waals surface area (Å²) in [5, 5.41) is 6.08. The second kappa shape index (κ2) is 2.68. The van der Waals surface area contributed by atoms with Gasteiger partial charge in [0.05, 0.1) is 0 Å². The van der Waals surface area contributed by atoms with Crippen LogP contribution in [-0.4, -0.2) is 18.3 Å². The van der Waals surface area contributed by atoms with Crippen LogP contribution in [0.4, 0.5) is 0 Å². The van der Waals surface area contributed by atoms with E-state index in [-0.39, 0.29) is 5.41 Å². The third-order valence-electron chi connectivity index (χ3n) is 2.33. The number of hydrogen-bond acceptors (Lipinski definition) is 2. The van der Waals surface area contributed by atoms with E-state index in [1.165, 1.54) is 0 Å². The highest BCUT2D eigenvalue weighted by atomic mass is 15.4. The van der Waals surface area contributed by atoms with Gasteiger partial charge in [-0.2, -0.15) is 5.10 Å². The van der Waals surface area contributed by atoms with Crippen molar-refractivity contribution in [1.82, 2.24) is 5.01 Å². The Bertz CT molecular complexity index is 192. The topological polar surface area (TPSA) is 15.6 Å². The van der Waals surface area contributed by atoms with Gasteiger partial charge in [-0.1, -0.05) is 20.4 Å².